The van der Waals surface area contributed by atoms with Gasteiger partial charge in [0.2, 0.25) is 0 Å². The van der Waals surface area contributed by atoms with Crippen molar-refractivity contribution in [3.05, 3.63) is 0 Å². The van der Waals surface area contributed by atoms with Crippen LogP contribution in [-0.2, 0) is 9.53 Å². The van der Waals surface area contributed by atoms with Crippen molar-refractivity contribution in [2.24, 2.45) is 0 Å². The molecule has 0 fully saturated rings. The lowest BCUT2D eigenvalue weighted by Gasteiger charge is -2.25. The Hall–Kier alpha value is -0.570. The molecule has 0 heterocycles. The van der Waals surface area contributed by atoms with Gasteiger partial charge in [-0.3, -0.25) is 10.1 Å². The molecule has 0 aliphatic rings. The van der Waals surface area contributed by atoms with Gasteiger partial charge in [0.25, 0.3) is 0 Å². The highest BCUT2D eigenvalue weighted by atomic mass is 16.6. The lowest BCUT2D eigenvalue weighted by atomic mass is 10.1. The quantitative estimate of drug-likeness (QED) is 0.487. The minimum absolute atomic E-state index is 0.0190. The van der Waals surface area contributed by atoms with Crippen LogP contribution < -0.4 is 5.32 Å². The van der Waals surface area contributed by atoms with Crippen molar-refractivity contribution in [2.75, 3.05) is 0 Å². The molecule has 0 spiro atoms. The van der Waals surface area contributed by atoms with Crippen molar-refractivity contribution < 1.29 is 9.53 Å². The number of esters is 1. The fourth-order valence-electron chi connectivity index (χ4n) is 0.888. The maximum atomic E-state index is 10.5. The van der Waals surface area contributed by atoms with Gasteiger partial charge in [0.15, 0.2) is 6.23 Å². The van der Waals surface area contributed by atoms with E-state index < -0.39 is 0 Å². The van der Waals surface area contributed by atoms with Crippen LogP contribution in [0.2, 0.25) is 0 Å². The van der Waals surface area contributed by atoms with E-state index in [0.717, 1.165) is 0 Å². The maximum absolute atomic E-state index is 10.5. The molecular formula is C8H17NO2. The van der Waals surface area contributed by atoms with Gasteiger partial charge in [-0.2, -0.15) is 0 Å². The third kappa shape index (κ3) is 7.33. The van der Waals surface area contributed by atoms with Crippen LogP contribution in [0.3, 0.4) is 0 Å². The first-order valence-electron chi connectivity index (χ1n) is 3.76. The third-order valence-corrected chi connectivity index (χ3v) is 0.979. The molecule has 0 aromatic rings. The minimum Gasteiger partial charge on any atom is -0.447 e. The Morgan fingerprint density at radius 1 is 1.45 bits per heavy atom. The van der Waals surface area contributed by atoms with Crippen LogP contribution in [0.25, 0.3) is 0 Å². The monoisotopic (exact) mass is 159 g/mol. The highest BCUT2D eigenvalue weighted by Crippen LogP contribution is 2.01. The summed E-state index contributed by atoms with van der Waals surface area (Å²) in [6.45, 7) is 9.28. The Labute approximate surface area is 68.1 Å². The normalized spacial score (nSPS) is 14.3. The van der Waals surface area contributed by atoms with E-state index in [9.17, 15) is 4.79 Å². The molecular weight excluding hydrogens is 142 g/mol. The average Bonchev–Trinajstić information content (AvgIpc) is 1.53. The first kappa shape index (κ1) is 10.4. The van der Waals surface area contributed by atoms with Crippen molar-refractivity contribution in [1.29, 1.82) is 0 Å². The number of hydrogen-bond donors (Lipinski definition) is 1. The molecule has 0 aromatic heterocycles. The summed E-state index contributed by atoms with van der Waals surface area (Å²) in [6, 6.07) is 0. The van der Waals surface area contributed by atoms with Crippen LogP contribution in [0.5, 0.6) is 0 Å². The maximum Gasteiger partial charge on any atom is 0.304 e. The summed E-state index contributed by atoms with van der Waals surface area (Å²) in [5, 5.41) is 3.11. The first-order valence-corrected chi connectivity index (χ1v) is 3.76. The second kappa shape index (κ2) is 3.72. The fraction of sp³-hybridized carbons (Fsp3) is 0.875. The summed E-state index contributed by atoms with van der Waals surface area (Å²) >= 11 is 0. The summed E-state index contributed by atoms with van der Waals surface area (Å²) in [6.07, 6.45) is -0.215. The Bertz CT molecular complexity index is 138. The van der Waals surface area contributed by atoms with Crippen molar-refractivity contribution in [3.63, 3.8) is 0 Å². The van der Waals surface area contributed by atoms with Crippen LogP contribution in [0, 0.1) is 0 Å². The molecule has 3 heteroatoms. The molecule has 0 aromatic carbocycles. The summed E-state index contributed by atoms with van der Waals surface area (Å²) in [7, 11) is 0. The zero-order valence-corrected chi connectivity index (χ0v) is 7.89. The molecule has 0 aliphatic heterocycles. The van der Waals surface area contributed by atoms with Crippen LogP contribution in [-0.4, -0.2) is 17.7 Å². The molecule has 0 aliphatic carbocycles. The van der Waals surface area contributed by atoms with Gasteiger partial charge in [0.1, 0.15) is 0 Å². The molecule has 0 rings (SSSR count). The second-order valence-electron chi connectivity index (χ2n) is 3.65. The number of ether oxygens (including phenoxy) is 1. The SMILES string of the molecule is CC(=O)OC(C)NC(C)(C)C. The lowest BCUT2D eigenvalue weighted by Crippen LogP contribution is -2.44. The summed E-state index contributed by atoms with van der Waals surface area (Å²) in [5.41, 5.74) is -0.0190. The van der Waals surface area contributed by atoms with Crippen LogP contribution in [0.4, 0.5) is 0 Å². The molecule has 11 heavy (non-hydrogen) atoms. The van der Waals surface area contributed by atoms with E-state index in [1.54, 1.807) is 0 Å². The molecule has 1 unspecified atom stereocenters. The van der Waals surface area contributed by atoms with Crippen molar-refractivity contribution in [3.8, 4) is 0 Å². The van der Waals surface area contributed by atoms with Gasteiger partial charge < -0.3 is 4.74 Å². The van der Waals surface area contributed by atoms with Gasteiger partial charge in [-0.25, -0.2) is 0 Å². The fourth-order valence-corrected chi connectivity index (χ4v) is 0.888. The van der Waals surface area contributed by atoms with Crippen LogP contribution >= 0.6 is 0 Å². The molecule has 0 amide bonds. The Kier molecular flexibility index (Phi) is 3.52. The smallest absolute Gasteiger partial charge is 0.304 e. The van der Waals surface area contributed by atoms with E-state index in [1.165, 1.54) is 6.92 Å². The number of nitrogens with one attached hydrogen (secondary N) is 1. The van der Waals surface area contributed by atoms with E-state index in [1.807, 2.05) is 27.7 Å². The number of rotatable bonds is 2. The molecule has 0 bridgehead atoms. The Morgan fingerprint density at radius 2 is 1.91 bits per heavy atom. The van der Waals surface area contributed by atoms with Crippen LogP contribution in [0.1, 0.15) is 34.6 Å². The van der Waals surface area contributed by atoms with Crippen LogP contribution in [0.15, 0.2) is 0 Å². The molecule has 0 radical (unpaired) electrons. The highest BCUT2D eigenvalue weighted by molar-refractivity contribution is 5.66. The van der Waals surface area contributed by atoms with Gasteiger partial charge in [-0.15, -0.1) is 0 Å². The number of carbonyl (C=O) groups excluding carboxylic acids is 1. The Balaban J connectivity index is 3.69. The van der Waals surface area contributed by atoms with E-state index in [-0.39, 0.29) is 17.7 Å². The Morgan fingerprint density at radius 3 is 2.18 bits per heavy atom. The van der Waals surface area contributed by atoms with Gasteiger partial charge in [-0.1, -0.05) is 0 Å². The topological polar surface area (TPSA) is 38.3 Å². The summed E-state index contributed by atoms with van der Waals surface area (Å²) in [4.78, 5) is 10.5. The average molecular weight is 159 g/mol. The van der Waals surface area contributed by atoms with E-state index in [2.05, 4.69) is 5.32 Å². The molecule has 66 valence electrons. The molecule has 1 N–H and O–H groups in total. The lowest BCUT2D eigenvalue weighted by molar-refractivity contribution is -0.147. The van der Waals surface area contributed by atoms with E-state index >= 15 is 0 Å². The second-order valence-corrected chi connectivity index (χ2v) is 3.65. The standard InChI is InChI=1S/C8H17NO2/c1-6(11-7(2)10)9-8(3,4)5/h6,9H,1-5H3. The van der Waals surface area contributed by atoms with Crippen molar-refractivity contribution >= 4 is 5.97 Å². The number of carbonyl (C=O) groups is 1. The zero-order chi connectivity index (χ0) is 9.07. The molecule has 0 saturated heterocycles. The number of hydrogen-bond acceptors (Lipinski definition) is 3. The van der Waals surface area contributed by atoms with Crippen molar-refractivity contribution in [1.82, 2.24) is 5.32 Å². The van der Waals surface area contributed by atoms with Gasteiger partial charge in [-0.05, 0) is 27.7 Å². The van der Waals surface area contributed by atoms with Gasteiger partial charge in [0.05, 0.1) is 0 Å². The zero-order valence-electron chi connectivity index (χ0n) is 7.89. The largest absolute Gasteiger partial charge is 0.447 e. The van der Waals surface area contributed by atoms with E-state index in [0.29, 0.717) is 0 Å². The van der Waals surface area contributed by atoms with Gasteiger partial charge in [0, 0.05) is 12.5 Å². The van der Waals surface area contributed by atoms with E-state index in [4.69, 9.17) is 4.74 Å². The minimum atomic E-state index is -0.255. The van der Waals surface area contributed by atoms with Crippen molar-refractivity contribution in [2.45, 2.75) is 46.4 Å². The highest BCUT2D eigenvalue weighted by Gasteiger charge is 2.14. The first-order chi connectivity index (χ1) is 4.81. The molecule has 3 nitrogen and oxygen atoms in total. The molecule has 1 atom stereocenters. The summed E-state index contributed by atoms with van der Waals surface area (Å²) < 4.78 is 4.88. The van der Waals surface area contributed by atoms with Gasteiger partial charge >= 0.3 is 5.97 Å². The third-order valence-electron chi connectivity index (χ3n) is 0.979. The summed E-state index contributed by atoms with van der Waals surface area (Å²) in [5.74, 6) is -0.255. The predicted molar refractivity (Wildman–Crippen MR) is 44.1 cm³/mol. The predicted octanol–water partition coefficient (Wildman–Crippen LogP) is 1.28. The molecule has 0 saturated carbocycles.